The molecule has 8 heteroatoms. The normalized spacial score (nSPS) is 22.5. The third-order valence-electron chi connectivity index (χ3n) is 2.49. The van der Waals surface area contributed by atoms with Gasteiger partial charge < -0.3 is 14.6 Å². The van der Waals surface area contributed by atoms with Crippen molar-refractivity contribution in [1.82, 2.24) is 4.31 Å². The second kappa shape index (κ2) is 6.29. The monoisotopic (exact) mass is 267 g/mol. The molecule has 1 heterocycles. The van der Waals surface area contributed by atoms with Gasteiger partial charge in [-0.3, -0.25) is 4.79 Å². The largest absolute Gasteiger partial charge is 0.481 e. The van der Waals surface area contributed by atoms with Crippen LogP contribution in [0.5, 0.6) is 0 Å². The van der Waals surface area contributed by atoms with Gasteiger partial charge >= 0.3 is 5.97 Å². The van der Waals surface area contributed by atoms with Crippen molar-refractivity contribution in [3.8, 4) is 0 Å². The molecule has 0 radical (unpaired) electrons. The number of methoxy groups -OCH3 is 1. The van der Waals surface area contributed by atoms with E-state index in [0.717, 1.165) is 0 Å². The topological polar surface area (TPSA) is 93.1 Å². The number of carbonyl (C=O) groups is 1. The highest BCUT2D eigenvalue weighted by Gasteiger charge is 2.33. The summed E-state index contributed by atoms with van der Waals surface area (Å²) in [5, 5.41) is 8.72. The molecule has 1 unspecified atom stereocenters. The van der Waals surface area contributed by atoms with Crippen LogP contribution < -0.4 is 0 Å². The van der Waals surface area contributed by atoms with Crippen LogP contribution in [0, 0.1) is 0 Å². The fourth-order valence-corrected chi connectivity index (χ4v) is 3.23. The Labute approximate surface area is 100 Å². The van der Waals surface area contributed by atoms with Gasteiger partial charge in [0.05, 0.1) is 38.0 Å². The fourth-order valence-electron chi connectivity index (χ4n) is 1.67. The van der Waals surface area contributed by atoms with E-state index >= 15 is 0 Å². The van der Waals surface area contributed by atoms with Gasteiger partial charge in [0.15, 0.2) is 0 Å². The Kier molecular flexibility index (Phi) is 5.31. The average molecular weight is 267 g/mol. The second-order valence-corrected chi connectivity index (χ2v) is 5.79. The highest BCUT2D eigenvalue weighted by Crippen LogP contribution is 2.15. The minimum atomic E-state index is -3.48. The lowest BCUT2D eigenvalue weighted by molar-refractivity contribution is -0.139. The Morgan fingerprint density at radius 3 is 2.88 bits per heavy atom. The van der Waals surface area contributed by atoms with Crippen molar-refractivity contribution >= 4 is 16.0 Å². The van der Waals surface area contributed by atoms with Crippen LogP contribution in [0.1, 0.15) is 6.42 Å². The van der Waals surface area contributed by atoms with E-state index in [0.29, 0.717) is 6.61 Å². The molecular weight excluding hydrogens is 250 g/mol. The van der Waals surface area contributed by atoms with Gasteiger partial charge in [-0.15, -0.1) is 0 Å². The first-order chi connectivity index (χ1) is 7.97. The third-order valence-corrected chi connectivity index (χ3v) is 4.36. The van der Waals surface area contributed by atoms with Gasteiger partial charge in [-0.05, 0) is 0 Å². The molecule has 0 aliphatic carbocycles. The number of rotatable bonds is 6. The van der Waals surface area contributed by atoms with Crippen LogP contribution in [0.25, 0.3) is 0 Å². The first-order valence-corrected chi connectivity index (χ1v) is 6.86. The lowest BCUT2D eigenvalue weighted by Crippen LogP contribution is -2.50. The van der Waals surface area contributed by atoms with Crippen LogP contribution in [-0.4, -0.2) is 69.1 Å². The van der Waals surface area contributed by atoms with E-state index in [9.17, 15) is 13.2 Å². The Morgan fingerprint density at radius 1 is 1.59 bits per heavy atom. The van der Waals surface area contributed by atoms with Crippen molar-refractivity contribution < 1.29 is 27.8 Å². The van der Waals surface area contributed by atoms with E-state index in [4.69, 9.17) is 14.6 Å². The maximum Gasteiger partial charge on any atom is 0.305 e. The van der Waals surface area contributed by atoms with Crippen molar-refractivity contribution in [2.24, 2.45) is 0 Å². The van der Waals surface area contributed by atoms with Gasteiger partial charge in [-0.25, -0.2) is 8.42 Å². The van der Waals surface area contributed by atoms with Crippen LogP contribution in [0.2, 0.25) is 0 Å². The Balaban J connectivity index is 2.72. The summed E-state index contributed by atoms with van der Waals surface area (Å²) in [5.41, 5.74) is 0. The van der Waals surface area contributed by atoms with Gasteiger partial charge in [-0.2, -0.15) is 4.31 Å². The van der Waals surface area contributed by atoms with E-state index in [-0.39, 0.29) is 31.9 Å². The predicted octanol–water partition coefficient (Wildman–Crippen LogP) is -0.862. The molecule has 7 nitrogen and oxygen atoms in total. The van der Waals surface area contributed by atoms with Gasteiger partial charge in [-0.1, -0.05) is 0 Å². The number of carboxylic acid groups (broad SMARTS) is 1. The number of aliphatic carboxylic acids is 1. The highest BCUT2D eigenvalue weighted by atomic mass is 32.2. The summed E-state index contributed by atoms with van der Waals surface area (Å²) in [5.74, 6) is -1.17. The first kappa shape index (κ1) is 14.4. The number of carboxylic acids is 1. The van der Waals surface area contributed by atoms with Crippen LogP contribution >= 0.6 is 0 Å². The molecule has 1 aliphatic rings. The van der Waals surface area contributed by atoms with Crippen molar-refractivity contribution in [2.75, 3.05) is 39.2 Å². The van der Waals surface area contributed by atoms with E-state index in [1.165, 1.54) is 11.4 Å². The molecule has 17 heavy (non-hydrogen) atoms. The lowest BCUT2D eigenvalue weighted by atomic mass is 10.2. The maximum atomic E-state index is 11.9. The third kappa shape index (κ3) is 4.23. The highest BCUT2D eigenvalue weighted by molar-refractivity contribution is 7.89. The molecule has 0 amide bonds. The Hall–Kier alpha value is -0.700. The smallest absolute Gasteiger partial charge is 0.305 e. The maximum absolute atomic E-state index is 11.9. The minimum Gasteiger partial charge on any atom is -0.481 e. The van der Waals surface area contributed by atoms with Crippen molar-refractivity contribution in [1.29, 1.82) is 0 Å². The van der Waals surface area contributed by atoms with Crippen molar-refractivity contribution in [3.05, 3.63) is 0 Å². The summed E-state index contributed by atoms with van der Waals surface area (Å²) in [6.07, 6.45) is -0.244. The number of sulfonamides is 1. The molecule has 0 saturated carbocycles. The number of nitrogens with zero attached hydrogens (tertiary/aromatic N) is 1. The lowest BCUT2D eigenvalue weighted by Gasteiger charge is -2.33. The van der Waals surface area contributed by atoms with Crippen LogP contribution in [0.15, 0.2) is 0 Å². The van der Waals surface area contributed by atoms with E-state index in [2.05, 4.69) is 0 Å². The molecule has 1 N–H and O–H groups in total. The van der Waals surface area contributed by atoms with E-state index in [1.807, 2.05) is 0 Å². The minimum absolute atomic E-state index is 0.0967. The van der Waals surface area contributed by atoms with Gasteiger partial charge in [0, 0.05) is 13.7 Å². The summed E-state index contributed by atoms with van der Waals surface area (Å²) in [7, 11) is -2.06. The summed E-state index contributed by atoms with van der Waals surface area (Å²) in [6.45, 7) is 0.713. The number of morpholine rings is 1. The number of hydrogen-bond acceptors (Lipinski definition) is 5. The van der Waals surface area contributed by atoms with Gasteiger partial charge in [0.2, 0.25) is 10.0 Å². The molecule has 1 atom stereocenters. The molecule has 100 valence electrons. The van der Waals surface area contributed by atoms with Crippen LogP contribution in [-0.2, 0) is 24.3 Å². The Morgan fingerprint density at radius 2 is 2.29 bits per heavy atom. The van der Waals surface area contributed by atoms with Crippen molar-refractivity contribution in [3.63, 3.8) is 0 Å². The van der Waals surface area contributed by atoms with E-state index < -0.39 is 22.0 Å². The molecule has 0 spiro atoms. The summed E-state index contributed by atoms with van der Waals surface area (Å²) < 4.78 is 34.9. The molecule has 0 aromatic rings. The summed E-state index contributed by atoms with van der Waals surface area (Å²) in [6, 6.07) is -0.622. The Bertz CT molecular complexity index is 354. The molecule has 1 aliphatic heterocycles. The molecule has 1 rings (SSSR count). The molecule has 0 aromatic heterocycles. The summed E-state index contributed by atoms with van der Waals surface area (Å²) in [4.78, 5) is 10.7. The number of ether oxygens (including phenoxy) is 2. The molecule has 0 aromatic carbocycles. The SMILES string of the molecule is COCCS(=O)(=O)N1CCOCC1CC(=O)O. The first-order valence-electron chi connectivity index (χ1n) is 5.25. The van der Waals surface area contributed by atoms with Crippen LogP contribution in [0.3, 0.4) is 0 Å². The summed E-state index contributed by atoms with van der Waals surface area (Å²) >= 11 is 0. The molecule has 1 fully saturated rings. The van der Waals surface area contributed by atoms with Crippen molar-refractivity contribution in [2.45, 2.75) is 12.5 Å². The second-order valence-electron chi connectivity index (χ2n) is 3.75. The standard InChI is InChI=1S/C9H17NO6S/c1-15-4-5-17(13,14)10-2-3-16-7-8(10)6-9(11)12/h8H,2-7H2,1H3,(H,11,12). The zero-order valence-electron chi connectivity index (χ0n) is 9.66. The fraction of sp³-hybridized carbons (Fsp3) is 0.889. The predicted molar refractivity (Wildman–Crippen MR) is 59.2 cm³/mol. The zero-order chi connectivity index (χ0) is 12.9. The molecule has 0 bridgehead atoms. The zero-order valence-corrected chi connectivity index (χ0v) is 10.5. The average Bonchev–Trinajstić information content (AvgIpc) is 2.26. The van der Waals surface area contributed by atoms with Gasteiger partial charge in [0.1, 0.15) is 0 Å². The van der Waals surface area contributed by atoms with E-state index in [1.54, 1.807) is 0 Å². The van der Waals surface area contributed by atoms with Gasteiger partial charge in [0.25, 0.3) is 0 Å². The molecule has 1 saturated heterocycles. The molecular formula is C9H17NO6S. The quantitative estimate of drug-likeness (QED) is 0.673. The number of hydrogen-bond donors (Lipinski definition) is 1. The van der Waals surface area contributed by atoms with Crippen LogP contribution in [0.4, 0.5) is 0 Å².